The summed E-state index contributed by atoms with van der Waals surface area (Å²) in [5, 5.41) is 15.0. The first-order chi connectivity index (χ1) is 15.6. The van der Waals surface area contributed by atoms with Crippen molar-refractivity contribution < 1.29 is 8.42 Å². The number of piperazine rings is 1. The van der Waals surface area contributed by atoms with Crippen LogP contribution < -0.4 is 4.90 Å². The lowest BCUT2D eigenvalue weighted by molar-refractivity contribution is 0.383. The Balaban J connectivity index is 1.21. The highest BCUT2D eigenvalue weighted by molar-refractivity contribution is 7.89. The van der Waals surface area contributed by atoms with Crippen molar-refractivity contribution >= 4 is 26.6 Å². The molecule has 32 heavy (non-hydrogen) atoms. The molecule has 1 saturated heterocycles. The van der Waals surface area contributed by atoms with Crippen molar-refractivity contribution in [1.82, 2.24) is 24.3 Å². The van der Waals surface area contributed by atoms with Gasteiger partial charge in [-0.3, -0.25) is 0 Å². The van der Waals surface area contributed by atoms with Crippen LogP contribution in [0.15, 0.2) is 65.8 Å². The van der Waals surface area contributed by atoms with E-state index < -0.39 is 10.0 Å². The fraction of sp³-hybridized carbons (Fsp3) is 0.261. The number of anilines is 1. The van der Waals surface area contributed by atoms with Gasteiger partial charge in [0.05, 0.1) is 4.90 Å². The second kappa shape index (κ2) is 7.39. The molecule has 0 saturated carbocycles. The molecule has 9 heteroatoms. The van der Waals surface area contributed by atoms with Gasteiger partial charge in [-0.05, 0) is 59.0 Å². The third-order valence-corrected chi connectivity index (χ3v) is 8.38. The molecule has 0 unspecified atom stereocenters. The van der Waals surface area contributed by atoms with Crippen molar-refractivity contribution in [3.05, 3.63) is 72.1 Å². The molecular formula is C23H22N6O2S. The lowest BCUT2D eigenvalue weighted by Gasteiger charge is -2.34. The van der Waals surface area contributed by atoms with E-state index in [4.69, 9.17) is 0 Å². The lowest BCUT2D eigenvalue weighted by atomic mass is 10.1. The van der Waals surface area contributed by atoms with Gasteiger partial charge in [0.15, 0.2) is 11.6 Å². The van der Waals surface area contributed by atoms with E-state index in [9.17, 15) is 8.42 Å². The number of nitrogens with zero attached hydrogens (tertiary/aromatic N) is 6. The molecule has 2 aromatic carbocycles. The van der Waals surface area contributed by atoms with Crippen LogP contribution in [-0.2, 0) is 22.9 Å². The van der Waals surface area contributed by atoms with Gasteiger partial charge in [-0.25, -0.2) is 13.1 Å². The average molecular weight is 447 g/mol. The van der Waals surface area contributed by atoms with Gasteiger partial charge in [-0.2, -0.15) is 9.40 Å². The number of rotatable bonds is 4. The Bertz CT molecular complexity index is 1390. The van der Waals surface area contributed by atoms with Crippen molar-refractivity contribution in [3.8, 4) is 5.82 Å². The molecule has 0 spiro atoms. The van der Waals surface area contributed by atoms with Gasteiger partial charge in [0.2, 0.25) is 10.0 Å². The molecule has 0 atom stereocenters. The molecule has 4 aromatic rings. The summed E-state index contributed by atoms with van der Waals surface area (Å²) in [6.07, 6.45) is 5.19. The van der Waals surface area contributed by atoms with Gasteiger partial charge in [-0.15, -0.1) is 10.2 Å². The van der Waals surface area contributed by atoms with E-state index in [1.807, 2.05) is 36.5 Å². The normalized spacial score (nSPS) is 16.7. The molecule has 1 fully saturated rings. The van der Waals surface area contributed by atoms with Gasteiger partial charge < -0.3 is 4.90 Å². The highest BCUT2D eigenvalue weighted by atomic mass is 32.2. The Labute approximate surface area is 186 Å². The van der Waals surface area contributed by atoms with Crippen LogP contribution in [0.3, 0.4) is 0 Å². The van der Waals surface area contributed by atoms with Crippen molar-refractivity contribution in [2.75, 3.05) is 31.1 Å². The maximum atomic E-state index is 13.5. The predicted molar refractivity (Wildman–Crippen MR) is 121 cm³/mol. The molecular weight excluding hydrogens is 424 g/mol. The largest absolute Gasteiger partial charge is 0.352 e. The molecule has 8 nitrogen and oxygen atoms in total. The Morgan fingerprint density at radius 3 is 2.38 bits per heavy atom. The Kier molecular flexibility index (Phi) is 4.48. The van der Waals surface area contributed by atoms with E-state index in [1.54, 1.807) is 21.3 Å². The third kappa shape index (κ3) is 3.08. The minimum absolute atomic E-state index is 0.421. The third-order valence-electron chi connectivity index (χ3n) is 6.40. The Morgan fingerprint density at radius 2 is 1.62 bits per heavy atom. The maximum absolute atomic E-state index is 13.5. The first-order valence-corrected chi connectivity index (χ1v) is 12.2. The summed E-state index contributed by atoms with van der Waals surface area (Å²) in [5.41, 5.74) is 2.22. The number of aryl methyl sites for hydroxylation is 2. The van der Waals surface area contributed by atoms with Crippen LogP contribution in [0.25, 0.3) is 16.6 Å². The minimum atomic E-state index is -3.55. The molecule has 162 valence electrons. The first kappa shape index (κ1) is 19.4. The average Bonchev–Trinajstić information content (AvgIpc) is 3.52. The second-order valence-corrected chi connectivity index (χ2v) is 10.1. The van der Waals surface area contributed by atoms with Crippen LogP contribution in [0.4, 0.5) is 5.82 Å². The monoisotopic (exact) mass is 446 g/mol. The topological polar surface area (TPSA) is 84.2 Å². The Morgan fingerprint density at radius 1 is 0.812 bits per heavy atom. The molecule has 1 aliphatic carbocycles. The van der Waals surface area contributed by atoms with Crippen LogP contribution in [0.5, 0.6) is 0 Å². The van der Waals surface area contributed by atoms with Gasteiger partial charge in [0.25, 0.3) is 0 Å². The van der Waals surface area contributed by atoms with Gasteiger partial charge in [0.1, 0.15) is 0 Å². The molecule has 0 amide bonds. The number of aromatic nitrogens is 4. The summed E-state index contributed by atoms with van der Waals surface area (Å²) in [6, 6.07) is 15.5. The fourth-order valence-electron chi connectivity index (χ4n) is 4.78. The van der Waals surface area contributed by atoms with E-state index in [1.165, 1.54) is 5.56 Å². The summed E-state index contributed by atoms with van der Waals surface area (Å²) in [4.78, 5) is 2.54. The van der Waals surface area contributed by atoms with Crippen LogP contribution >= 0.6 is 0 Å². The number of benzene rings is 2. The van der Waals surface area contributed by atoms with Gasteiger partial charge in [0, 0.05) is 38.6 Å². The smallest absolute Gasteiger partial charge is 0.243 e. The molecule has 1 aliphatic heterocycles. The first-order valence-electron chi connectivity index (χ1n) is 10.7. The molecule has 0 radical (unpaired) electrons. The summed E-state index contributed by atoms with van der Waals surface area (Å²) >= 11 is 0. The standard InChI is InChI=1S/C23H22N6O2S/c30-32(31,20-8-6-18-4-1-3-17-5-7-19(20)23(17)18)28-15-13-27(14-16-28)21-9-10-22(26-25-21)29-12-2-11-24-29/h1-4,6,8-12H,5,7,13-16H2. The minimum Gasteiger partial charge on any atom is -0.352 e. The number of hydrogen-bond acceptors (Lipinski definition) is 6. The van der Waals surface area contributed by atoms with Crippen molar-refractivity contribution in [2.24, 2.45) is 0 Å². The zero-order valence-electron chi connectivity index (χ0n) is 17.4. The highest BCUT2D eigenvalue weighted by Crippen LogP contribution is 2.36. The molecule has 0 bridgehead atoms. The van der Waals surface area contributed by atoms with Crippen molar-refractivity contribution in [1.29, 1.82) is 0 Å². The van der Waals surface area contributed by atoms with E-state index in [0.29, 0.717) is 36.9 Å². The number of sulfonamides is 1. The summed E-state index contributed by atoms with van der Waals surface area (Å²) in [7, 11) is -3.55. The summed E-state index contributed by atoms with van der Waals surface area (Å²) in [6.45, 7) is 1.99. The van der Waals surface area contributed by atoms with Crippen LogP contribution in [0, 0.1) is 0 Å². The zero-order valence-corrected chi connectivity index (χ0v) is 18.2. The zero-order chi connectivity index (χ0) is 21.7. The maximum Gasteiger partial charge on any atom is 0.243 e. The quantitative estimate of drug-likeness (QED) is 0.479. The van der Waals surface area contributed by atoms with Gasteiger partial charge in [-0.1, -0.05) is 24.3 Å². The van der Waals surface area contributed by atoms with Crippen molar-refractivity contribution in [3.63, 3.8) is 0 Å². The molecule has 2 aliphatic rings. The molecule has 6 rings (SSSR count). The van der Waals surface area contributed by atoms with E-state index in [0.717, 1.165) is 35.0 Å². The van der Waals surface area contributed by atoms with Crippen LogP contribution in [0.1, 0.15) is 11.1 Å². The molecule has 3 heterocycles. The molecule has 0 N–H and O–H groups in total. The Hall–Kier alpha value is -3.30. The lowest BCUT2D eigenvalue weighted by Crippen LogP contribution is -2.49. The SMILES string of the molecule is O=S(=O)(c1ccc2cccc3c2c1CC3)N1CCN(c2ccc(-n3cccn3)nn2)CC1. The molecule has 2 aromatic heterocycles. The van der Waals surface area contributed by atoms with Crippen LogP contribution in [-0.4, -0.2) is 58.9 Å². The number of hydrogen-bond donors (Lipinski definition) is 0. The fourth-order valence-corrected chi connectivity index (χ4v) is 6.46. The van der Waals surface area contributed by atoms with E-state index >= 15 is 0 Å². The van der Waals surface area contributed by atoms with Crippen LogP contribution in [0.2, 0.25) is 0 Å². The summed E-state index contributed by atoms with van der Waals surface area (Å²) < 4.78 is 30.3. The highest BCUT2D eigenvalue weighted by Gasteiger charge is 2.32. The van der Waals surface area contributed by atoms with Crippen molar-refractivity contribution in [2.45, 2.75) is 17.7 Å². The summed E-state index contributed by atoms with van der Waals surface area (Å²) in [5.74, 6) is 1.39. The van der Waals surface area contributed by atoms with E-state index in [-0.39, 0.29) is 0 Å². The van der Waals surface area contributed by atoms with E-state index in [2.05, 4.69) is 32.3 Å². The second-order valence-electron chi connectivity index (χ2n) is 8.15. The predicted octanol–water partition coefficient (Wildman–Crippen LogP) is 2.43. The van der Waals surface area contributed by atoms with Gasteiger partial charge >= 0.3 is 0 Å².